The molecule has 6 heteroatoms. The molecular weight excluding hydrogens is 288 g/mol. The molecular formula is C14H18N4S2. The number of rotatable bonds is 4. The van der Waals surface area contributed by atoms with Gasteiger partial charge in [-0.15, -0.1) is 11.3 Å². The van der Waals surface area contributed by atoms with E-state index in [0.717, 1.165) is 34.5 Å². The van der Waals surface area contributed by atoms with E-state index in [-0.39, 0.29) is 6.04 Å². The Labute approximate surface area is 127 Å². The molecule has 0 radical (unpaired) electrons. The Kier molecular flexibility index (Phi) is 3.52. The van der Waals surface area contributed by atoms with E-state index in [0.29, 0.717) is 0 Å². The van der Waals surface area contributed by atoms with Gasteiger partial charge in [0.2, 0.25) is 0 Å². The number of nitrogens with zero attached hydrogens (tertiary/aromatic N) is 3. The lowest BCUT2D eigenvalue weighted by molar-refractivity contribution is 0.627. The van der Waals surface area contributed by atoms with Gasteiger partial charge < -0.3 is 4.98 Å². The second-order valence-corrected chi connectivity index (χ2v) is 6.38. The van der Waals surface area contributed by atoms with Crippen LogP contribution in [0.25, 0.3) is 11.2 Å². The average molecular weight is 306 g/mol. The van der Waals surface area contributed by atoms with Crippen LogP contribution in [0.2, 0.25) is 0 Å². The molecule has 0 amide bonds. The summed E-state index contributed by atoms with van der Waals surface area (Å²) in [7, 11) is 1.99. The van der Waals surface area contributed by atoms with Gasteiger partial charge in [-0.1, -0.05) is 19.4 Å². The highest BCUT2D eigenvalue weighted by Crippen LogP contribution is 2.28. The van der Waals surface area contributed by atoms with Gasteiger partial charge in [0.05, 0.1) is 11.7 Å². The van der Waals surface area contributed by atoms with Gasteiger partial charge in [-0.3, -0.25) is 9.25 Å². The maximum atomic E-state index is 5.53. The van der Waals surface area contributed by atoms with Gasteiger partial charge in [0.15, 0.2) is 10.4 Å². The molecule has 3 rings (SSSR count). The summed E-state index contributed by atoms with van der Waals surface area (Å²) in [5.74, 6) is 0. The molecule has 106 valence electrons. The van der Waals surface area contributed by atoms with Crippen molar-refractivity contribution in [2.45, 2.75) is 32.7 Å². The van der Waals surface area contributed by atoms with E-state index in [9.17, 15) is 0 Å². The van der Waals surface area contributed by atoms with E-state index < -0.39 is 0 Å². The topological polar surface area (TPSA) is 38.5 Å². The molecule has 4 nitrogen and oxygen atoms in total. The molecule has 20 heavy (non-hydrogen) atoms. The second-order valence-electron chi connectivity index (χ2n) is 5.01. The number of thiophene rings is 1. The molecule has 1 unspecified atom stereocenters. The molecule has 0 aliphatic heterocycles. The van der Waals surface area contributed by atoms with Gasteiger partial charge in [-0.25, -0.2) is 0 Å². The maximum Gasteiger partial charge on any atom is 0.179 e. The first-order chi connectivity index (χ1) is 9.63. The van der Waals surface area contributed by atoms with Gasteiger partial charge in [0.25, 0.3) is 0 Å². The monoisotopic (exact) mass is 306 g/mol. The van der Waals surface area contributed by atoms with Gasteiger partial charge in [-0.05, 0) is 37.0 Å². The van der Waals surface area contributed by atoms with Crippen LogP contribution < -0.4 is 0 Å². The maximum absolute atomic E-state index is 5.53. The molecule has 3 aromatic heterocycles. The minimum atomic E-state index is 0.223. The molecule has 0 aliphatic rings. The van der Waals surface area contributed by atoms with Crippen LogP contribution in [0.4, 0.5) is 0 Å². The number of imidazole rings is 1. The lowest BCUT2D eigenvalue weighted by atomic mass is 10.2. The minimum absolute atomic E-state index is 0.223. The van der Waals surface area contributed by atoms with Crippen molar-refractivity contribution < 1.29 is 0 Å². The number of aromatic nitrogens is 4. The summed E-state index contributed by atoms with van der Waals surface area (Å²) in [6, 6.07) is 4.45. The Morgan fingerprint density at radius 2 is 2.30 bits per heavy atom. The van der Waals surface area contributed by atoms with Crippen LogP contribution >= 0.6 is 23.6 Å². The minimum Gasteiger partial charge on any atom is -0.328 e. The van der Waals surface area contributed by atoms with E-state index in [2.05, 4.69) is 46.0 Å². The van der Waals surface area contributed by atoms with Crippen LogP contribution in [0.1, 0.15) is 36.9 Å². The summed E-state index contributed by atoms with van der Waals surface area (Å²) < 4.78 is 4.88. The lowest BCUT2D eigenvalue weighted by Crippen LogP contribution is -2.08. The summed E-state index contributed by atoms with van der Waals surface area (Å²) in [4.78, 5) is 4.65. The smallest absolute Gasteiger partial charge is 0.179 e. The molecule has 0 saturated heterocycles. The predicted molar refractivity (Wildman–Crippen MR) is 86.0 cm³/mol. The number of H-pyrrole nitrogens is 1. The van der Waals surface area contributed by atoms with Gasteiger partial charge in [-0.2, -0.15) is 5.10 Å². The zero-order valence-corrected chi connectivity index (χ0v) is 13.5. The van der Waals surface area contributed by atoms with Gasteiger partial charge in [0, 0.05) is 11.9 Å². The average Bonchev–Trinajstić information content (AvgIpc) is 3.09. The molecule has 0 spiro atoms. The fourth-order valence-electron chi connectivity index (χ4n) is 2.66. The van der Waals surface area contributed by atoms with E-state index in [1.165, 1.54) is 4.88 Å². The zero-order valence-electron chi connectivity index (χ0n) is 11.9. The lowest BCUT2D eigenvalue weighted by Gasteiger charge is -2.12. The van der Waals surface area contributed by atoms with Crippen LogP contribution in [-0.4, -0.2) is 19.3 Å². The summed E-state index contributed by atoms with van der Waals surface area (Å²) in [5, 5.41) is 6.73. The number of aromatic amines is 1. The number of hydrogen-bond acceptors (Lipinski definition) is 3. The van der Waals surface area contributed by atoms with Crippen LogP contribution in [-0.2, 0) is 13.5 Å². The first-order valence-electron chi connectivity index (χ1n) is 6.83. The molecule has 3 aromatic rings. The standard InChI is InChI=1S/C14H18N4S2/c1-4-6-10-12-13(17(3)16-10)18(14(19)15-12)9(2)11-7-5-8-20-11/h5,7-9H,4,6H2,1-3H3,(H,15,19). The highest BCUT2D eigenvalue weighted by Gasteiger charge is 2.19. The van der Waals surface area contributed by atoms with Gasteiger partial charge in [0.1, 0.15) is 5.52 Å². The molecule has 0 aromatic carbocycles. The van der Waals surface area contributed by atoms with Crippen molar-refractivity contribution in [1.29, 1.82) is 0 Å². The van der Waals surface area contributed by atoms with E-state index in [4.69, 9.17) is 12.2 Å². The Morgan fingerprint density at radius 3 is 2.95 bits per heavy atom. The largest absolute Gasteiger partial charge is 0.328 e. The van der Waals surface area contributed by atoms with Gasteiger partial charge >= 0.3 is 0 Å². The number of nitrogens with one attached hydrogen (secondary N) is 1. The van der Waals surface area contributed by atoms with Crippen molar-refractivity contribution >= 4 is 34.7 Å². The third kappa shape index (κ3) is 2.03. The molecule has 0 fully saturated rings. The first kappa shape index (κ1) is 13.6. The van der Waals surface area contributed by atoms with Crippen molar-refractivity contribution in [3.8, 4) is 0 Å². The second kappa shape index (κ2) is 5.18. The molecule has 0 bridgehead atoms. The zero-order chi connectivity index (χ0) is 14.3. The van der Waals surface area contributed by atoms with Crippen LogP contribution in [0.5, 0.6) is 0 Å². The first-order valence-corrected chi connectivity index (χ1v) is 8.11. The third-order valence-corrected chi connectivity index (χ3v) is 4.94. The van der Waals surface area contributed by atoms with Crippen molar-refractivity contribution in [2.75, 3.05) is 0 Å². The summed E-state index contributed by atoms with van der Waals surface area (Å²) >= 11 is 7.29. The van der Waals surface area contributed by atoms with Crippen LogP contribution in [0, 0.1) is 4.77 Å². The third-order valence-electron chi connectivity index (χ3n) is 3.60. The van der Waals surface area contributed by atoms with Crippen LogP contribution in [0.15, 0.2) is 17.5 Å². The normalized spacial score (nSPS) is 13.2. The summed E-state index contributed by atoms with van der Waals surface area (Å²) in [6.45, 7) is 4.35. The molecule has 3 heterocycles. The fourth-order valence-corrected chi connectivity index (χ4v) is 3.78. The number of hydrogen-bond donors (Lipinski definition) is 1. The van der Waals surface area contributed by atoms with E-state index >= 15 is 0 Å². The van der Waals surface area contributed by atoms with Crippen molar-refractivity contribution in [2.24, 2.45) is 7.05 Å². The van der Waals surface area contributed by atoms with E-state index in [1.54, 1.807) is 11.3 Å². The van der Waals surface area contributed by atoms with Crippen LogP contribution in [0.3, 0.4) is 0 Å². The number of fused-ring (bicyclic) bond motifs is 1. The fraction of sp³-hybridized carbons (Fsp3) is 0.429. The Hall–Kier alpha value is -1.40. The molecule has 0 saturated carbocycles. The Morgan fingerprint density at radius 1 is 1.50 bits per heavy atom. The van der Waals surface area contributed by atoms with Crippen molar-refractivity contribution in [3.05, 3.63) is 32.9 Å². The Bertz CT molecular complexity index is 776. The number of aryl methyl sites for hydroxylation is 2. The predicted octanol–water partition coefficient (Wildman–Crippen LogP) is 4.06. The van der Waals surface area contributed by atoms with Crippen molar-refractivity contribution in [1.82, 2.24) is 19.3 Å². The Balaban J connectivity index is 2.21. The SMILES string of the molecule is CCCc1nn(C)c2c1[nH]c(=S)n2C(C)c1cccs1. The van der Waals surface area contributed by atoms with Crippen molar-refractivity contribution in [3.63, 3.8) is 0 Å². The highest BCUT2D eigenvalue weighted by molar-refractivity contribution is 7.71. The summed E-state index contributed by atoms with van der Waals surface area (Å²) in [5.41, 5.74) is 3.27. The quantitative estimate of drug-likeness (QED) is 0.738. The molecule has 0 aliphatic carbocycles. The molecule has 1 N–H and O–H groups in total. The molecule has 1 atom stereocenters. The summed E-state index contributed by atoms with van der Waals surface area (Å²) in [6.07, 6.45) is 2.05. The highest BCUT2D eigenvalue weighted by atomic mass is 32.1. The van der Waals surface area contributed by atoms with E-state index in [1.807, 2.05) is 11.7 Å².